The molecule has 0 atom stereocenters. The summed E-state index contributed by atoms with van der Waals surface area (Å²) in [5.41, 5.74) is 1.72. The van der Waals surface area contributed by atoms with Crippen LogP contribution in [0, 0.1) is 0 Å². The fourth-order valence-electron chi connectivity index (χ4n) is 3.31. The summed E-state index contributed by atoms with van der Waals surface area (Å²) in [6.45, 7) is 2.92. The maximum Gasteiger partial charge on any atom is 0.259 e. The minimum Gasteiger partial charge on any atom is -0.378 e. The van der Waals surface area contributed by atoms with Gasteiger partial charge < -0.3 is 14.2 Å². The summed E-state index contributed by atoms with van der Waals surface area (Å²) in [7, 11) is 0. The van der Waals surface area contributed by atoms with Gasteiger partial charge in [-0.25, -0.2) is 0 Å². The van der Waals surface area contributed by atoms with E-state index in [2.05, 4.69) is 29.8 Å². The second-order valence-corrected chi connectivity index (χ2v) is 8.19. The molecule has 8 nitrogen and oxygen atoms in total. The van der Waals surface area contributed by atoms with E-state index in [-0.39, 0.29) is 0 Å². The quantitative estimate of drug-likeness (QED) is 0.403. The van der Waals surface area contributed by atoms with Crippen molar-refractivity contribution < 1.29 is 9.26 Å². The second kappa shape index (κ2) is 9.09. The van der Waals surface area contributed by atoms with Crippen LogP contribution in [0.3, 0.4) is 0 Å². The van der Waals surface area contributed by atoms with Crippen molar-refractivity contribution in [2.45, 2.75) is 10.9 Å². The fourth-order valence-corrected chi connectivity index (χ4v) is 4.32. The zero-order valence-corrected chi connectivity index (χ0v) is 18.1. The number of rotatable bonds is 6. The van der Waals surface area contributed by atoms with Gasteiger partial charge in [0.25, 0.3) is 5.89 Å². The van der Waals surface area contributed by atoms with E-state index in [1.54, 1.807) is 6.07 Å². The number of aromatic nitrogens is 5. The standard InChI is InChI=1S/C21H19ClN6O2S/c22-17-9-5-4-8-16(17)19-23-18(26-30-19)14-31-21-25-24-20(27-10-12-29-13-11-27)28(21)15-6-2-1-3-7-15/h1-9H,10-14H2. The number of morpholine rings is 1. The summed E-state index contributed by atoms with van der Waals surface area (Å²) in [5, 5.41) is 14.4. The Labute approximate surface area is 188 Å². The average molecular weight is 455 g/mol. The van der Waals surface area contributed by atoms with Gasteiger partial charge in [0, 0.05) is 13.1 Å². The Morgan fingerprint density at radius 2 is 1.74 bits per heavy atom. The first-order valence-electron chi connectivity index (χ1n) is 9.83. The summed E-state index contributed by atoms with van der Waals surface area (Å²) in [6, 6.07) is 17.5. The topological polar surface area (TPSA) is 82.1 Å². The van der Waals surface area contributed by atoms with E-state index in [9.17, 15) is 0 Å². The molecule has 5 rings (SSSR count). The van der Waals surface area contributed by atoms with Crippen molar-refractivity contribution in [1.29, 1.82) is 0 Å². The predicted molar refractivity (Wildman–Crippen MR) is 119 cm³/mol. The zero-order valence-electron chi connectivity index (χ0n) is 16.5. The molecule has 1 aliphatic rings. The lowest BCUT2D eigenvalue weighted by molar-refractivity contribution is 0.122. The Kier molecular flexibility index (Phi) is 5.88. The van der Waals surface area contributed by atoms with Gasteiger partial charge in [-0.1, -0.05) is 58.9 Å². The number of nitrogens with zero attached hydrogens (tertiary/aromatic N) is 6. The van der Waals surface area contributed by atoms with E-state index in [0.717, 1.165) is 35.4 Å². The molecule has 10 heteroatoms. The number of anilines is 1. The monoisotopic (exact) mass is 454 g/mol. The fraction of sp³-hybridized carbons (Fsp3) is 0.238. The summed E-state index contributed by atoms with van der Waals surface area (Å²) < 4.78 is 13.0. The van der Waals surface area contributed by atoms with Crippen molar-refractivity contribution in [3.05, 3.63) is 65.4 Å². The summed E-state index contributed by atoms with van der Waals surface area (Å²) in [5.74, 6) is 2.26. The van der Waals surface area contributed by atoms with Gasteiger partial charge in [0.1, 0.15) is 0 Å². The van der Waals surface area contributed by atoms with Crippen molar-refractivity contribution in [2.75, 3.05) is 31.2 Å². The summed E-state index contributed by atoms with van der Waals surface area (Å²) in [4.78, 5) is 6.68. The third-order valence-corrected chi connectivity index (χ3v) is 6.08. The number of hydrogen-bond acceptors (Lipinski definition) is 8. The van der Waals surface area contributed by atoms with E-state index in [0.29, 0.717) is 35.7 Å². The zero-order chi connectivity index (χ0) is 21.0. The maximum absolute atomic E-state index is 6.24. The molecule has 31 heavy (non-hydrogen) atoms. The highest BCUT2D eigenvalue weighted by Crippen LogP contribution is 2.30. The number of para-hydroxylation sites is 1. The van der Waals surface area contributed by atoms with Crippen molar-refractivity contribution in [3.63, 3.8) is 0 Å². The molecule has 0 N–H and O–H groups in total. The average Bonchev–Trinajstić information content (AvgIpc) is 3.46. The van der Waals surface area contributed by atoms with Crippen LogP contribution in [-0.2, 0) is 10.5 Å². The molecule has 1 saturated heterocycles. The van der Waals surface area contributed by atoms with Gasteiger partial charge in [0.2, 0.25) is 5.95 Å². The van der Waals surface area contributed by atoms with E-state index in [1.165, 1.54) is 11.8 Å². The summed E-state index contributed by atoms with van der Waals surface area (Å²) >= 11 is 7.74. The van der Waals surface area contributed by atoms with Crippen LogP contribution >= 0.6 is 23.4 Å². The lowest BCUT2D eigenvalue weighted by Gasteiger charge is -2.27. The highest BCUT2D eigenvalue weighted by Gasteiger charge is 2.22. The molecule has 1 fully saturated rings. The van der Waals surface area contributed by atoms with Gasteiger partial charge in [-0.2, -0.15) is 4.98 Å². The van der Waals surface area contributed by atoms with Gasteiger partial charge in [-0.15, -0.1) is 10.2 Å². The van der Waals surface area contributed by atoms with E-state index in [1.807, 2.05) is 48.5 Å². The first-order chi connectivity index (χ1) is 15.3. The Balaban J connectivity index is 1.40. The van der Waals surface area contributed by atoms with Crippen LogP contribution in [0.15, 0.2) is 64.3 Å². The molecule has 0 saturated carbocycles. The number of halogens is 1. The predicted octanol–water partition coefficient (Wildman–Crippen LogP) is 4.10. The molecule has 158 valence electrons. The van der Waals surface area contributed by atoms with Crippen LogP contribution in [0.1, 0.15) is 5.82 Å². The molecule has 1 aliphatic heterocycles. The molecular weight excluding hydrogens is 436 g/mol. The van der Waals surface area contributed by atoms with Crippen molar-refractivity contribution in [3.8, 4) is 17.1 Å². The minimum atomic E-state index is 0.403. The van der Waals surface area contributed by atoms with E-state index < -0.39 is 0 Å². The lowest BCUT2D eigenvalue weighted by atomic mass is 10.2. The van der Waals surface area contributed by atoms with Crippen LogP contribution in [0.5, 0.6) is 0 Å². The number of hydrogen-bond donors (Lipinski definition) is 0. The first kappa shape index (κ1) is 20.0. The molecule has 4 aromatic rings. The Bertz CT molecular complexity index is 1160. The SMILES string of the molecule is Clc1ccccc1-c1nc(CSc2nnc(N3CCOCC3)n2-c2ccccc2)no1. The van der Waals surface area contributed by atoms with Crippen molar-refractivity contribution >= 4 is 29.3 Å². The van der Waals surface area contributed by atoms with Gasteiger partial charge in [0.05, 0.1) is 35.2 Å². The van der Waals surface area contributed by atoms with Crippen LogP contribution in [-0.4, -0.2) is 51.2 Å². The van der Waals surface area contributed by atoms with E-state index in [4.69, 9.17) is 20.9 Å². The molecule has 0 bridgehead atoms. The molecular formula is C21H19ClN6O2S. The number of benzene rings is 2. The Hall–Kier alpha value is -2.88. The highest BCUT2D eigenvalue weighted by molar-refractivity contribution is 7.98. The number of ether oxygens (including phenoxy) is 1. The molecule has 0 spiro atoms. The molecule has 0 aliphatic carbocycles. The number of thioether (sulfide) groups is 1. The lowest BCUT2D eigenvalue weighted by Crippen LogP contribution is -2.37. The van der Waals surface area contributed by atoms with Crippen molar-refractivity contribution in [2.24, 2.45) is 0 Å². The van der Waals surface area contributed by atoms with Crippen LogP contribution < -0.4 is 4.90 Å². The molecule has 2 aromatic carbocycles. The Morgan fingerprint density at radius 1 is 0.968 bits per heavy atom. The normalized spacial score (nSPS) is 14.2. The smallest absolute Gasteiger partial charge is 0.259 e. The molecule has 0 amide bonds. The third-order valence-electron chi connectivity index (χ3n) is 4.83. The largest absolute Gasteiger partial charge is 0.378 e. The maximum atomic E-state index is 6.24. The first-order valence-corrected chi connectivity index (χ1v) is 11.2. The van der Waals surface area contributed by atoms with Crippen LogP contribution in [0.25, 0.3) is 17.1 Å². The van der Waals surface area contributed by atoms with Crippen LogP contribution in [0.4, 0.5) is 5.95 Å². The minimum absolute atomic E-state index is 0.403. The van der Waals surface area contributed by atoms with Crippen molar-refractivity contribution in [1.82, 2.24) is 24.9 Å². The molecule has 2 aromatic heterocycles. The molecule has 3 heterocycles. The van der Waals surface area contributed by atoms with Crippen LogP contribution in [0.2, 0.25) is 5.02 Å². The third kappa shape index (κ3) is 4.30. The van der Waals surface area contributed by atoms with Gasteiger partial charge in [-0.05, 0) is 24.3 Å². The van der Waals surface area contributed by atoms with E-state index >= 15 is 0 Å². The summed E-state index contributed by atoms with van der Waals surface area (Å²) in [6.07, 6.45) is 0. The Morgan fingerprint density at radius 3 is 2.55 bits per heavy atom. The van der Waals surface area contributed by atoms with Gasteiger partial charge >= 0.3 is 0 Å². The highest BCUT2D eigenvalue weighted by atomic mass is 35.5. The second-order valence-electron chi connectivity index (χ2n) is 6.84. The van der Waals surface area contributed by atoms with Gasteiger partial charge in [0.15, 0.2) is 11.0 Å². The van der Waals surface area contributed by atoms with Gasteiger partial charge in [-0.3, -0.25) is 4.57 Å². The molecule has 0 radical (unpaired) electrons. The molecule has 0 unspecified atom stereocenters.